The minimum atomic E-state index is -0.287. The topological polar surface area (TPSA) is 60.4 Å². The van der Waals surface area contributed by atoms with Crippen LogP contribution in [0.1, 0.15) is 40.0 Å². The van der Waals surface area contributed by atoms with Gasteiger partial charge in [0.15, 0.2) is 0 Å². The lowest BCUT2D eigenvalue weighted by molar-refractivity contribution is -0.191. The summed E-state index contributed by atoms with van der Waals surface area (Å²) in [6.07, 6.45) is 9.00. The number of rotatable bonds is 4. The maximum Gasteiger partial charge on any atom is 0.373 e. The fourth-order valence-corrected chi connectivity index (χ4v) is 2.06. The van der Waals surface area contributed by atoms with Gasteiger partial charge in [0.2, 0.25) is 0 Å². The molecule has 0 spiro atoms. The van der Waals surface area contributed by atoms with Crippen LogP contribution < -0.4 is 0 Å². The van der Waals surface area contributed by atoms with Crippen molar-refractivity contribution in [2.24, 2.45) is 5.41 Å². The van der Waals surface area contributed by atoms with E-state index in [-0.39, 0.29) is 17.5 Å². The van der Waals surface area contributed by atoms with E-state index in [0.29, 0.717) is 6.61 Å². The summed E-state index contributed by atoms with van der Waals surface area (Å²) in [5.74, 6) is -0.0387. The molecule has 1 unspecified atom stereocenters. The van der Waals surface area contributed by atoms with E-state index in [1.165, 1.54) is 5.57 Å². The van der Waals surface area contributed by atoms with Gasteiger partial charge in [-0.2, -0.15) is 9.59 Å². The standard InChI is InChI=1S/C13H20O2.CO2/c1-4-7-11-8-9-13(5-2,10-11)12(14)15-6-3;2-1-3/h4,7-8H,5-6,9-10H2,1-3H3;/b7-4+;. The average Bonchev–Trinajstić information content (AvgIpc) is 2.76. The molecule has 1 rings (SSSR count). The van der Waals surface area contributed by atoms with Crippen molar-refractivity contribution in [3.8, 4) is 0 Å². The molecule has 1 atom stereocenters. The first-order valence-corrected chi connectivity index (χ1v) is 6.08. The molecule has 0 aromatic rings. The monoisotopic (exact) mass is 252 g/mol. The second kappa shape index (κ2) is 8.43. The van der Waals surface area contributed by atoms with Crippen molar-refractivity contribution < 1.29 is 19.1 Å². The fraction of sp³-hybridized carbons (Fsp3) is 0.571. The van der Waals surface area contributed by atoms with Gasteiger partial charge in [0, 0.05) is 0 Å². The van der Waals surface area contributed by atoms with Crippen LogP contribution in [0.25, 0.3) is 0 Å². The minimum absolute atomic E-state index is 0.0387. The molecule has 0 aliphatic heterocycles. The van der Waals surface area contributed by atoms with Crippen molar-refractivity contribution in [2.45, 2.75) is 40.0 Å². The van der Waals surface area contributed by atoms with Crippen LogP contribution in [0.4, 0.5) is 0 Å². The van der Waals surface area contributed by atoms with Gasteiger partial charge >= 0.3 is 12.1 Å². The number of ether oxygens (including phenoxy) is 1. The molecule has 4 heteroatoms. The summed E-state index contributed by atoms with van der Waals surface area (Å²) in [7, 11) is 0. The zero-order chi connectivity index (χ0) is 14.0. The molecule has 0 saturated carbocycles. The Kier molecular flexibility index (Phi) is 7.64. The van der Waals surface area contributed by atoms with Gasteiger partial charge in [0.05, 0.1) is 12.0 Å². The van der Waals surface area contributed by atoms with Gasteiger partial charge in [-0.1, -0.05) is 30.7 Å². The summed E-state index contributed by atoms with van der Waals surface area (Å²) in [5.41, 5.74) is 0.970. The molecule has 0 heterocycles. The van der Waals surface area contributed by atoms with E-state index in [0.717, 1.165) is 19.3 Å². The van der Waals surface area contributed by atoms with Gasteiger partial charge < -0.3 is 4.74 Å². The molecule has 0 amide bonds. The summed E-state index contributed by atoms with van der Waals surface area (Å²) in [6.45, 7) is 6.39. The number of esters is 1. The van der Waals surface area contributed by atoms with Crippen LogP contribution in [0, 0.1) is 5.41 Å². The van der Waals surface area contributed by atoms with Crippen molar-refractivity contribution in [3.05, 3.63) is 23.8 Å². The third-order valence-electron chi connectivity index (χ3n) is 3.06. The smallest absolute Gasteiger partial charge is 0.373 e. The van der Waals surface area contributed by atoms with Crippen LogP contribution in [0.3, 0.4) is 0 Å². The van der Waals surface area contributed by atoms with Crippen molar-refractivity contribution in [2.75, 3.05) is 6.61 Å². The minimum Gasteiger partial charge on any atom is -0.466 e. The fourth-order valence-electron chi connectivity index (χ4n) is 2.06. The van der Waals surface area contributed by atoms with E-state index < -0.39 is 0 Å². The number of hydrogen-bond acceptors (Lipinski definition) is 4. The lowest BCUT2D eigenvalue weighted by atomic mass is 9.81. The van der Waals surface area contributed by atoms with Crippen molar-refractivity contribution in [1.82, 2.24) is 0 Å². The second-order valence-corrected chi connectivity index (χ2v) is 4.10. The molecule has 0 bridgehead atoms. The Morgan fingerprint density at radius 2 is 2.11 bits per heavy atom. The summed E-state index contributed by atoms with van der Waals surface area (Å²) in [4.78, 5) is 28.1. The Hall–Kier alpha value is -1.67. The highest BCUT2D eigenvalue weighted by molar-refractivity contribution is 5.78. The van der Waals surface area contributed by atoms with Gasteiger partial charge in [0.25, 0.3) is 0 Å². The highest BCUT2D eigenvalue weighted by atomic mass is 16.5. The largest absolute Gasteiger partial charge is 0.466 e. The summed E-state index contributed by atoms with van der Waals surface area (Å²) in [6, 6.07) is 0. The van der Waals surface area contributed by atoms with Crippen molar-refractivity contribution in [3.63, 3.8) is 0 Å². The Morgan fingerprint density at radius 1 is 1.50 bits per heavy atom. The third kappa shape index (κ3) is 4.30. The molecule has 4 nitrogen and oxygen atoms in total. The van der Waals surface area contributed by atoms with E-state index in [1.54, 1.807) is 0 Å². The molecular formula is C14H20O4. The number of allylic oxidation sites excluding steroid dienone is 4. The number of carbonyl (C=O) groups is 1. The first kappa shape index (κ1) is 16.3. The van der Waals surface area contributed by atoms with Crippen LogP contribution in [-0.4, -0.2) is 18.7 Å². The van der Waals surface area contributed by atoms with E-state index in [4.69, 9.17) is 14.3 Å². The quantitative estimate of drug-likeness (QED) is 0.722. The summed E-state index contributed by atoms with van der Waals surface area (Å²) in [5, 5.41) is 0. The normalized spacial score (nSPS) is 21.8. The highest BCUT2D eigenvalue weighted by Crippen LogP contribution is 2.41. The molecule has 0 saturated heterocycles. The Balaban J connectivity index is 0.000000873. The van der Waals surface area contributed by atoms with E-state index in [2.05, 4.69) is 19.1 Å². The zero-order valence-electron chi connectivity index (χ0n) is 11.2. The second-order valence-electron chi connectivity index (χ2n) is 4.10. The number of hydrogen-bond donors (Lipinski definition) is 0. The zero-order valence-corrected chi connectivity index (χ0v) is 11.2. The molecule has 0 aromatic heterocycles. The Morgan fingerprint density at radius 3 is 2.56 bits per heavy atom. The lowest BCUT2D eigenvalue weighted by Crippen LogP contribution is -2.30. The molecule has 0 aromatic carbocycles. The van der Waals surface area contributed by atoms with Crippen molar-refractivity contribution in [1.29, 1.82) is 0 Å². The van der Waals surface area contributed by atoms with Gasteiger partial charge in [0.1, 0.15) is 0 Å². The van der Waals surface area contributed by atoms with Crippen LogP contribution >= 0.6 is 0 Å². The van der Waals surface area contributed by atoms with Gasteiger partial charge in [-0.15, -0.1) is 0 Å². The van der Waals surface area contributed by atoms with Crippen LogP contribution in [-0.2, 0) is 19.1 Å². The molecule has 0 fully saturated rings. The maximum absolute atomic E-state index is 11.9. The predicted molar refractivity (Wildman–Crippen MR) is 66.5 cm³/mol. The predicted octanol–water partition coefficient (Wildman–Crippen LogP) is 2.66. The first-order chi connectivity index (χ1) is 8.60. The van der Waals surface area contributed by atoms with Gasteiger partial charge in [-0.05, 0) is 33.1 Å². The van der Waals surface area contributed by atoms with Crippen LogP contribution in [0.2, 0.25) is 0 Å². The summed E-state index contributed by atoms with van der Waals surface area (Å²) < 4.78 is 5.15. The first-order valence-electron chi connectivity index (χ1n) is 6.08. The number of carbonyl (C=O) groups excluding carboxylic acids is 3. The van der Waals surface area contributed by atoms with Gasteiger partial charge in [-0.3, -0.25) is 4.79 Å². The molecule has 1 aliphatic rings. The average molecular weight is 252 g/mol. The SMILES string of the molecule is C/C=C/C1=CCC(CC)(C(=O)OCC)C1.O=C=O. The van der Waals surface area contributed by atoms with E-state index in [9.17, 15) is 4.79 Å². The highest BCUT2D eigenvalue weighted by Gasteiger charge is 2.40. The van der Waals surface area contributed by atoms with Gasteiger partial charge in [-0.25, -0.2) is 0 Å². The maximum atomic E-state index is 11.9. The van der Waals surface area contributed by atoms with Crippen molar-refractivity contribution >= 4 is 12.1 Å². The third-order valence-corrected chi connectivity index (χ3v) is 3.06. The molecular weight excluding hydrogens is 232 g/mol. The molecule has 1 aliphatic carbocycles. The summed E-state index contributed by atoms with van der Waals surface area (Å²) >= 11 is 0. The molecule has 0 radical (unpaired) electrons. The Bertz CT molecular complexity index is 362. The van der Waals surface area contributed by atoms with E-state index in [1.807, 2.05) is 19.9 Å². The molecule has 18 heavy (non-hydrogen) atoms. The molecule has 0 N–H and O–H groups in total. The molecule has 100 valence electrons. The lowest BCUT2D eigenvalue weighted by Gasteiger charge is -2.25. The van der Waals surface area contributed by atoms with E-state index >= 15 is 0 Å². The Labute approximate surface area is 108 Å². The van der Waals surface area contributed by atoms with Crippen LogP contribution in [0.5, 0.6) is 0 Å². The van der Waals surface area contributed by atoms with Crippen LogP contribution in [0.15, 0.2) is 23.8 Å².